The minimum Gasteiger partial charge on any atom is -0.397 e. The molecule has 14 heavy (non-hydrogen) atoms. The molecule has 0 aliphatic heterocycles. The van der Waals surface area contributed by atoms with Crippen molar-refractivity contribution in [3.05, 3.63) is 18.2 Å². The van der Waals surface area contributed by atoms with Crippen LogP contribution in [0.3, 0.4) is 0 Å². The van der Waals surface area contributed by atoms with E-state index in [0.717, 1.165) is 5.52 Å². The summed E-state index contributed by atoms with van der Waals surface area (Å²) in [5.74, 6) is 0. The van der Waals surface area contributed by atoms with Gasteiger partial charge in [0, 0.05) is 0 Å². The van der Waals surface area contributed by atoms with Crippen LogP contribution in [0.15, 0.2) is 18.2 Å². The number of hydrogen-bond donors (Lipinski definition) is 2. The topological polar surface area (TPSA) is 77.0 Å². The van der Waals surface area contributed by atoms with Gasteiger partial charge in [0.05, 0.1) is 23.9 Å². The van der Waals surface area contributed by atoms with Crippen LogP contribution in [-0.4, -0.2) is 26.7 Å². The number of aromatic nitrogens is 3. The quantitative estimate of drug-likeness (QED) is 0.682. The van der Waals surface area contributed by atoms with Crippen molar-refractivity contribution in [2.45, 2.75) is 13.0 Å². The number of anilines is 1. The molecule has 2 aromatic rings. The third-order valence-electron chi connectivity index (χ3n) is 2.22. The normalized spacial score (nSPS) is 13.3. The van der Waals surface area contributed by atoms with Crippen LogP contribution in [0.25, 0.3) is 11.0 Å². The maximum Gasteiger partial charge on any atom is 0.136 e. The first-order valence-corrected chi connectivity index (χ1v) is 4.44. The van der Waals surface area contributed by atoms with Gasteiger partial charge >= 0.3 is 0 Å². The molecule has 3 N–H and O–H groups in total. The molecule has 0 radical (unpaired) electrons. The second kappa shape index (κ2) is 3.26. The highest BCUT2D eigenvalue weighted by molar-refractivity contribution is 5.86. The molecule has 1 heterocycles. The Labute approximate surface area is 81.1 Å². The van der Waals surface area contributed by atoms with Crippen molar-refractivity contribution in [3.8, 4) is 0 Å². The SMILES string of the molecule is CC(CO)n1nnc2c(N)cccc21. The molecule has 0 bridgehead atoms. The lowest BCUT2D eigenvalue weighted by Gasteiger charge is -2.08. The van der Waals surface area contributed by atoms with Crippen molar-refractivity contribution in [2.24, 2.45) is 0 Å². The van der Waals surface area contributed by atoms with Crippen LogP contribution in [0.2, 0.25) is 0 Å². The van der Waals surface area contributed by atoms with Crippen molar-refractivity contribution in [2.75, 3.05) is 12.3 Å². The van der Waals surface area contributed by atoms with Crippen LogP contribution < -0.4 is 5.73 Å². The Hall–Kier alpha value is -1.62. The van der Waals surface area contributed by atoms with Crippen LogP contribution in [0.5, 0.6) is 0 Å². The fourth-order valence-corrected chi connectivity index (χ4v) is 1.39. The summed E-state index contributed by atoms with van der Waals surface area (Å²) in [6.07, 6.45) is 0. The van der Waals surface area contributed by atoms with Gasteiger partial charge in [-0.1, -0.05) is 11.3 Å². The Morgan fingerprint density at radius 3 is 3.07 bits per heavy atom. The van der Waals surface area contributed by atoms with Crippen molar-refractivity contribution >= 4 is 16.7 Å². The molecule has 0 spiro atoms. The molecule has 74 valence electrons. The van der Waals surface area contributed by atoms with E-state index in [4.69, 9.17) is 10.8 Å². The van der Waals surface area contributed by atoms with Gasteiger partial charge in [0.25, 0.3) is 0 Å². The number of nitrogens with two attached hydrogens (primary N) is 1. The summed E-state index contributed by atoms with van der Waals surface area (Å²) in [5.41, 5.74) is 7.88. The van der Waals surface area contributed by atoms with Crippen molar-refractivity contribution in [1.82, 2.24) is 15.0 Å². The Kier molecular flexibility index (Phi) is 2.09. The molecule has 0 fully saturated rings. The summed E-state index contributed by atoms with van der Waals surface area (Å²) in [4.78, 5) is 0. The molecular formula is C9H12N4O. The molecular weight excluding hydrogens is 180 g/mol. The average Bonchev–Trinajstić information content (AvgIpc) is 2.62. The van der Waals surface area contributed by atoms with Gasteiger partial charge in [-0.15, -0.1) is 5.10 Å². The van der Waals surface area contributed by atoms with Crippen LogP contribution in [0, 0.1) is 0 Å². The standard InChI is InChI=1S/C9H12N4O/c1-6(5-14)13-8-4-2-3-7(10)9(8)11-12-13/h2-4,6,14H,5,10H2,1H3. The molecule has 0 amide bonds. The summed E-state index contributed by atoms with van der Waals surface area (Å²) in [6.45, 7) is 1.91. The molecule has 2 rings (SSSR count). The first kappa shape index (κ1) is 8.96. The molecule has 1 unspecified atom stereocenters. The Bertz CT molecular complexity index is 451. The Balaban J connectivity index is 2.63. The van der Waals surface area contributed by atoms with E-state index in [-0.39, 0.29) is 12.6 Å². The van der Waals surface area contributed by atoms with Crippen LogP contribution in [0.1, 0.15) is 13.0 Å². The highest BCUT2D eigenvalue weighted by Gasteiger charge is 2.10. The highest BCUT2D eigenvalue weighted by atomic mass is 16.3. The zero-order valence-electron chi connectivity index (χ0n) is 7.88. The van der Waals surface area contributed by atoms with E-state index in [9.17, 15) is 0 Å². The zero-order chi connectivity index (χ0) is 10.1. The van der Waals surface area contributed by atoms with Crippen molar-refractivity contribution < 1.29 is 5.11 Å². The molecule has 0 aliphatic rings. The summed E-state index contributed by atoms with van der Waals surface area (Å²) < 4.78 is 1.67. The van der Waals surface area contributed by atoms with E-state index < -0.39 is 0 Å². The Morgan fingerprint density at radius 1 is 1.57 bits per heavy atom. The third-order valence-corrected chi connectivity index (χ3v) is 2.22. The van der Waals surface area contributed by atoms with E-state index in [1.807, 2.05) is 19.1 Å². The molecule has 5 nitrogen and oxygen atoms in total. The number of aliphatic hydroxyl groups excluding tert-OH is 1. The molecule has 0 saturated heterocycles. The average molecular weight is 192 g/mol. The number of rotatable bonds is 2. The van der Waals surface area contributed by atoms with Crippen molar-refractivity contribution in [1.29, 1.82) is 0 Å². The maximum absolute atomic E-state index is 9.02. The zero-order valence-corrected chi connectivity index (χ0v) is 7.88. The largest absolute Gasteiger partial charge is 0.397 e. The van der Waals surface area contributed by atoms with Gasteiger partial charge < -0.3 is 10.8 Å². The number of nitrogens with zero attached hydrogens (tertiary/aromatic N) is 3. The molecule has 1 aromatic carbocycles. The summed E-state index contributed by atoms with van der Waals surface area (Å²) >= 11 is 0. The molecule has 0 saturated carbocycles. The van der Waals surface area contributed by atoms with Gasteiger partial charge in [-0.3, -0.25) is 0 Å². The predicted molar refractivity (Wildman–Crippen MR) is 53.7 cm³/mol. The fourth-order valence-electron chi connectivity index (χ4n) is 1.39. The summed E-state index contributed by atoms with van der Waals surface area (Å²) in [5, 5.41) is 16.9. The number of nitrogen functional groups attached to an aromatic ring is 1. The van der Waals surface area contributed by atoms with Gasteiger partial charge in [0.15, 0.2) is 0 Å². The van der Waals surface area contributed by atoms with E-state index in [0.29, 0.717) is 11.2 Å². The van der Waals surface area contributed by atoms with E-state index >= 15 is 0 Å². The number of fused-ring (bicyclic) bond motifs is 1. The molecule has 1 aromatic heterocycles. The first-order valence-electron chi connectivity index (χ1n) is 4.44. The number of benzene rings is 1. The van der Waals surface area contributed by atoms with Gasteiger partial charge in [-0.05, 0) is 19.1 Å². The maximum atomic E-state index is 9.02. The summed E-state index contributed by atoms with van der Waals surface area (Å²) in [6, 6.07) is 5.44. The van der Waals surface area contributed by atoms with Crippen molar-refractivity contribution in [3.63, 3.8) is 0 Å². The Morgan fingerprint density at radius 2 is 2.36 bits per heavy atom. The first-order chi connectivity index (χ1) is 6.74. The second-order valence-corrected chi connectivity index (χ2v) is 3.28. The second-order valence-electron chi connectivity index (χ2n) is 3.28. The number of hydrogen-bond acceptors (Lipinski definition) is 4. The van der Waals surface area contributed by atoms with Crippen LogP contribution in [-0.2, 0) is 0 Å². The van der Waals surface area contributed by atoms with Crippen LogP contribution in [0.4, 0.5) is 5.69 Å². The smallest absolute Gasteiger partial charge is 0.136 e. The molecule has 5 heteroatoms. The lowest BCUT2D eigenvalue weighted by Crippen LogP contribution is -2.10. The summed E-state index contributed by atoms with van der Waals surface area (Å²) in [7, 11) is 0. The van der Waals surface area contributed by atoms with Gasteiger partial charge in [-0.2, -0.15) is 0 Å². The monoisotopic (exact) mass is 192 g/mol. The number of aliphatic hydroxyl groups is 1. The van der Waals surface area contributed by atoms with E-state index in [1.54, 1.807) is 10.7 Å². The van der Waals surface area contributed by atoms with Gasteiger partial charge in [-0.25, -0.2) is 4.68 Å². The molecule has 1 atom stereocenters. The highest BCUT2D eigenvalue weighted by Crippen LogP contribution is 2.20. The lowest BCUT2D eigenvalue weighted by molar-refractivity contribution is 0.231. The van der Waals surface area contributed by atoms with Gasteiger partial charge in [0.2, 0.25) is 0 Å². The minimum absolute atomic E-state index is 0.0350. The van der Waals surface area contributed by atoms with E-state index in [1.165, 1.54) is 0 Å². The predicted octanol–water partition coefficient (Wildman–Crippen LogP) is 0.567. The fraction of sp³-hybridized carbons (Fsp3) is 0.333. The van der Waals surface area contributed by atoms with Crippen LogP contribution >= 0.6 is 0 Å². The minimum atomic E-state index is -0.0817. The lowest BCUT2D eigenvalue weighted by atomic mass is 10.2. The van der Waals surface area contributed by atoms with E-state index in [2.05, 4.69) is 10.3 Å². The molecule has 0 aliphatic carbocycles. The third kappa shape index (κ3) is 1.22. The van der Waals surface area contributed by atoms with Gasteiger partial charge in [0.1, 0.15) is 5.52 Å².